The van der Waals surface area contributed by atoms with E-state index in [-0.39, 0.29) is 5.75 Å². The quantitative estimate of drug-likeness (QED) is 0.742. The molecule has 0 fully saturated rings. The van der Waals surface area contributed by atoms with Crippen molar-refractivity contribution in [1.29, 1.82) is 0 Å². The van der Waals surface area contributed by atoms with Gasteiger partial charge < -0.3 is 14.8 Å². The molecule has 21 heavy (non-hydrogen) atoms. The summed E-state index contributed by atoms with van der Waals surface area (Å²) < 4.78 is 46.3. The second-order valence-corrected chi connectivity index (χ2v) is 5.25. The molecule has 120 valence electrons. The van der Waals surface area contributed by atoms with Crippen LogP contribution in [0, 0.1) is 5.92 Å². The van der Waals surface area contributed by atoms with Gasteiger partial charge in [0, 0.05) is 6.54 Å². The molecule has 1 N–H and O–H groups in total. The van der Waals surface area contributed by atoms with Crippen molar-refractivity contribution >= 4 is 0 Å². The minimum atomic E-state index is -4.36. The molecule has 0 spiro atoms. The minimum Gasteiger partial charge on any atom is -0.493 e. The monoisotopic (exact) mass is 305 g/mol. The number of methoxy groups -OCH3 is 1. The highest BCUT2D eigenvalue weighted by molar-refractivity contribution is 5.43. The van der Waals surface area contributed by atoms with Crippen LogP contribution in [0.4, 0.5) is 13.2 Å². The van der Waals surface area contributed by atoms with Crippen molar-refractivity contribution in [2.24, 2.45) is 5.92 Å². The number of nitrogens with one attached hydrogen (secondary N) is 1. The topological polar surface area (TPSA) is 30.5 Å². The first-order valence-electron chi connectivity index (χ1n) is 6.89. The van der Waals surface area contributed by atoms with E-state index in [1.807, 2.05) is 0 Å². The zero-order chi connectivity index (χ0) is 15.9. The van der Waals surface area contributed by atoms with Crippen LogP contribution in [0.2, 0.25) is 0 Å². The predicted octanol–water partition coefficient (Wildman–Crippen LogP) is 3.77. The molecule has 0 amide bonds. The summed E-state index contributed by atoms with van der Waals surface area (Å²) in [6, 6.07) is 4.93. The van der Waals surface area contributed by atoms with Crippen molar-refractivity contribution in [1.82, 2.24) is 5.32 Å². The standard InChI is InChI=1S/C15H22F3NO2/c1-11(2)6-7-19-9-12-4-5-13(14(8-12)20-3)21-10-15(16,17)18/h4-5,8,11,19H,6-7,9-10H2,1-3H3. The van der Waals surface area contributed by atoms with E-state index >= 15 is 0 Å². The van der Waals surface area contributed by atoms with Crippen LogP contribution < -0.4 is 14.8 Å². The number of benzene rings is 1. The molecule has 1 aromatic rings. The van der Waals surface area contributed by atoms with Crippen molar-refractivity contribution < 1.29 is 22.6 Å². The molecule has 0 aliphatic heterocycles. The molecule has 0 atom stereocenters. The summed E-state index contributed by atoms with van der Waals surface area (Å²) in [5.41, 5.74) is 0.940. The highest BCUT2D eigenvalue weighted by Crippen LogP contribution is 2.29. The second-order valence-electron chi connectivity index (χ2n) is 5.25. The lowest BCUT2D eigenvalue weighted by atomic mass is 10.1. The Bertz CT molecular complexity index is 433. The number of hydrogen-bond donors (Lipinski definition) is 1. The van der Waals surface area contributed by atoms with Crippen LogP contribution >= 0.6 is 0 Å². The van der Waals surface area contributed by atoms with Crippen LogP contribution in [0.3, 0.4) is 0 Å². The van der Waals surface area contributed by atoms with Gasteiger partial charge in [-0.25, -0.2) is 0 Å². The van der Waals surface area contributed by atoms with Crippen LogP contribution in [-0.4, -0.2) is 26.4 Å². The highest BCUT2D eigenvalue weighted by atomic mass is 19.4. The normalized spacial score (nSPS) is 11.8. The summed E-state index contributed by atoms with van der Waals surface area (Å²) in [5.74, 6) is 1.04. The van der Waals surface area contributed by atoms with E-state index in [0.717, 1.165) is 18.5 Å². The molecule has 3 nitrogen and oxygen atoms in total. The second kappa shape index (κ2) is 8.12. The zero-order valence-electron chi connectivity index (χ0n) is 12.6. The Morgan fingerprint density at radius 2 is 1.90 bits per heavy atom. The summed E-state index contributed by atoms with van der Waals surface area (Å²) in [6.45, 7) is 4.51. The molecule has 1 rings (SSSR count). The van der Waals surface area contributed by atoms with Crippen LogP contribution in [0.15, 0.2) is 18.2 Å². The van der Waals surface area contributed by atoms with Crippen LogP contribution in [0.5, 0.6) is 11.5 Å². The molecular formula is C15H22F3NO2. The molecule has 0 radical (unpaired) electrons. The Morgan fingerprint density at radius 1 is 1.19 bits per heavy atom. The smallest absolute Gasteiger partial charge is 0.422 e. The van der Waals surface area contributed by atoms with Crippen molar-refractivity contribution in [3.63, 3.8) is 0 Å². The van der Waals surface area contributed by atoms with Gasteiger partial charge in [0.2, 0.25) is 0 Å². The molecule has 0 saturated heterocycles. The fourth-order valence-corrected chi connectivity index (χ4v) is 1.72. The van der Waals surface area contributed by atoms with E-state index in [1.54, 1.807) is 12.1 Å². The average molecular weight is 305 g/mol. The Balaban J connectivity index is 2.57. The molecule has 0 bridgehead atoms. The molecule has 1 aromatic carbocycles. The third-order valence-electron chi connectivity index (χ3n) is 2.85. The molecule has 0 aliphatic rings. The maximum Gasteiger partial charge on any atom is 0.422 e. The van der Waals surface area contributed by atoms with Crippen molar-refractivity contribution in [2.75, 3.05) is 20.3 Å². The van der Waals surface area contributed by atoms with E-state index in [1.165, 1.54) is 13.2 Å². The lowest BCUT2D eigenvalue weighted by Crippen LogP contribution is -2.19. The fourth-order valence-electron chi connectivity index (χ4n) is 1.72. The van der Waals surface area contributed by atoms with Gasteiger partial charge in [-0.1, -0.05) is 19.9 Å². The van der Waals surface area contributed by atoms with Gasteiger partial charge in [-0.05, 0) is 36.6 Å². The summed E-state index contributed by atoms with van der Waals surface area (Å²) >= 11 is 0. The first-order valence-corrected chi connectivity index (χ1v) is 6.89. The van der Waals surface area contributed by atoms with Gasteiger partial charge in [-0.15, -0.1) is 0 Å². The van der Waals surface area contributed by atoms with Crippen molar-refractivity contribution in [3.8, 4) is 11.5 Å². The van der Waals surface area contributed by atoms with Crippen LogP contribution in [-0.2, 0) is 6.54 Å². The van der Waals surface area contributed by atoms with Crippen molar-refractivity contribution in [2.45, 2.75) is 33.0 Å². The summed E-state index contributed by atoms with van der Waals surface area (Å²) in [7, 11) is 1.41. The largest absolute Gasteiger partial charge is 0.493 e. The predicted molar refractivity (Wildman–Crippen MR) is 75.7 cm³/mol. The lowest BCUT2D eigenvalue weighted by Gasteiger charge is -2.14. The first-order chi connectivity index (χ1) is 9.81. The summed E-state index contributed by atoms with van der Waals surface area (Å²) in [4.78, 5) is 0. The van der Waals surface area contributed by atoms with E-state index < -0.39 is 12.8 Å². The number of ether oxygens (including phenoxy) is 2. The SMILES string of the molecule is COc1cc(CNCCC(C)C)ccc1OCC(F)(F)F. The van der Waals surface area contributed by atoms with Gasteiger partial charge >= 0.3 is 6.18 Å². The fraction of sp³-hybridized carbons (Fsp3) is 0.600. The summed E-state index contributed by atoms with van der Waals surface area (Å²) in [5, 5.41) is 3.28. The zero-order valence-corrected chi connectivity index (χ0v) is 12.6. The third-order valence-corrected chi connectivity index (χ3v) is 2.85. The van der Waals surface area contributed by atoms with Gasteiger partial charge in [0.25, 0.3) is 0 Å². The van der Waals surface area contributed by atoms with Crippen LogP contribution in [0.1, 0.15) is 25.8 Å². The molecule has 0 saturated carbocycles. The number of alkyl halides is 3. The Kier molecular flexibility index (Phi) is 6.81. The van der Waals surface area contributed by atoms with E-state index in [0.29, 0.717) is 18.2 Å². The highest BCUT2D eigenvalue weighted by Gasteiger charge is 2.28. The number of hydrogen-bond acceptors (Lipinski definition) is 3. The number of halogens is 3. The minimum absolute atomic E-state index is 0.0979. The lowest BCUT2D eigenvalue weighted by molar-refractivity contribution is -0.153. The number of rotatable bonds is 8. The van der Waals surface area contributed by atoms with E-state index in [2.05, 4.69) is 19.2 Å². The first kappa shape index (κ1) is 17.6. The Morgan fingerprint density at radius 3 is 2.48 bits per heavy atom. The molecule has 6 heteroatoms. The maximum absolute atomic E-state index is 12.2. The maximum atomic E-state index is 12.2. The molecule has 0 aliphatic carbocycles. The van der Waals surface area contributed by atoms with Gasteiger partial charge in [-0.2, -0.15) is 13.2 Å². The molecule has 0 aromatic heterocycles. The average Bonchev–Trinajstić information content (AvgIpc) is 2.40. The van der Waals surface area contributed by atoms with Crippen LogP contribution in [0.25, 0.3) is 0 Å². The molecular weight excluding hydrogens is 283 g/mol. The Labute approximate surface area is 123 Å². The third kappa shape index (κ3) is 7.22. The van der Waals surface area contributed by atoms with Gasteiger partial charge in [0.15, 0.2) is 18.1 Å². The van der Waals surface area contributed by atoms with E-state index in [9.17, 15) is 13.2 Å². The van der Waals surface area contributed by atoms with E-state index in [4.69, 9.17) is 9.47 Å². The Hall–Kier alpha value is -1.43. The summed E-state index contributed by atoms with van der Waals surface area (Å²) in [6.07, 6.45) is -3.29. The van der Waals surface area contributed by atoms with Crippen molar-refractivity contribution in [3.05, 3.63) is 23.8 Å². The molecule has 0 unspecified atom stereocenters. The molecule has 0 heterocycles. The van der Waals surface area contributed by atoms with Gasteiger partial charge in [0.1, 0.15) is 0 Å². The van der Waals surface area contributed by atoms with Gasteiger partial charge in [-0.3, -0.25) is 0 Å². The van der Waals surface area contributed by atoms with Gasteiger partial charge in [0.05, 0.1) is 7.11 Å².